The Labute approximate surface area is 118 Å². The Kier molecular flexibility index (Phi) is 3.74. The van der Waals surface area contributed by atoms with Crippen molar-refractivity contribution in [3.8, 4) is 0 Å². The molecule has 1 saturated heterocycles. The largest absolute Gasteiger partial charge is 0.384 e. The van der Waals surface area contributed by atoms with Gasteiger partial charge >= 0.3 is 0 Å². The van der Waals surface area contributed by atoms with Crippen LogP contribution in [-0.2, 0) is 4.74 Å². The lowest BCUT2D eigenvalue weighted by Gasteiger charge is -2.31. The van der Waals surface area contributed by atoms with Gasteiger partial charge in [-0.05, 0) is 42.3 Å². The predicted octanol–water partition coefficient (Wildman–Crippen LogP) is 2.67. The van der Waals surface area contributed by atoms with Gasteiger partial charge in [0.1, 0.15) is 0 Å². The monoisotopic (exact) mass is 272 g/mol. The maximum atomic E-state index is 12.5. The quantitative estimate of drug-likeness (QED) is 0.933. The van der Waals surface area contributed by atoms with Gasteiger partial charge in [0, 0.05) is 44.1 Å². The van der Waals surface area contributed by atoms with Crippen LogP contribution in [0.3, 0.4) is 0 Å². The van der Waals surface area contributed by atoms with Gasteiger partial charge in [0.2, 0.25) is 0 Å². The first-order chi connectivity index (χ1) is 9.78. The van der Waals surface area contributed by atoms with Crippen LogP contribution in [0.1, 0.15) is 23.2 Å². The number of carbonyl (C=O) groups is 1. The molecule has 1 amide bonds. The van der Waals surface area contributed by atoms with Crippen LogP contribution in [0.4, 0.5) is 0 Å². The molecule has 1 aromatic heterocycles. The molecule has 106 valence electrons. The molecule has 20 heavy (non-hydrogen) atoms. The van der Waals surface area contributed by atoms with Gasteiger partial charge in [-0.25, -0.2) is 0 Å². The lowest BCUT2D eigenvalue weighted by molar-refractivity contribution is 0.0613. The molecular formula is C16H20N2O2. The zero-order valence-corrected chi connectivity index (χ0v) is 11.8. The number of benzene rings is 1. The van der Waals surface area contributed by atoms with E-state index in [-0.39, 0.29) is 5.91 Å². The fourth-order valence-electron chi connectivity index (χ4n) is 2.90. The van der Waals surface area contributed by atoms with Gasteiger partial charge in [-0.3, -0.25) is 4.79 Å². The number of nitrogens with one attached hydrogen (secondary N) is 1. The van der Waals surface area contributed by atoms with E-state index in [0.717, 1.165) is 49.0 Å². The molecule has 4 heteroatoms. The molecule has 0 saturated carbocycles. The molecule has 0 atom stereocenters. The third-order valence-electron chi connectivity index (χ3n) is 4.11. The second kappa shape index (κ2) is 5.67. The number of H-pyrrole nitrogens is 1. The summed E-state index contributed by atoms with van der Waals surface area (Å²) in [6.45, 7) is 2.46. The highest BCUT2D eigenvalue weighted by atomic mass is 16.5. The molecular weight excluding hydrogens is 252 g/mol. The lowest BCUT2D eigenvalue weighted by Crippen LogP contribution is -2.39. The Morgan fingerprint density at radius 1 is 1.35 bits per heavy atom. The maximum Gasteiger partial charge on any atom is 0.253 e. The summed E-state index contributed by atoms with van der Waals surface area (Å²) in [4.78, 5) is 17.6. The Bertz CT molecular complexity index is 597. The number of likely N-dealkylation sites (tertiary alicyclic amines) is 1. The van der Waals surface area contributed by atoms with Gasteiger partial charge in [0.25, 0.3) is 5.91 Å². The van der Waals surface area contributed by atoms with Crippen molar-refractivity contribution < 1.29 is 9.53 Å². The van der Waals surface area contributed by atoms with Gasteiger partial charge in [-0.2, -0.15) is 0 Å². The number of piperidine rings is 1. The van der Waals surface area contributed by atoms with Crippen molar-refractivity contribution in [2.45, 2.75) is 12.8 Å². The first kappa shape index (κ1) is 13.2. The summed E-state index contributed by atoms with van der Waals surface area (Å²) in [5, 5.41) is 1.14. The zero-order valence-electron chi connectivity index (χ0n) is 11.8. The molecule has 1 aliphatic heterocycles. The predicted molar refractivity (Wildman–Crippen MR) is 78.8 cm³/mol. The maximum absolute atomic E-state index is 12.5. The summed E-state index contributed by atoms with van der Waals surface area (Å²) in [7, 11) is 1.74. The number of nitrogens with zero attached hydrogens (tertiary/aromatic N) is 1. The number of aromatic nitrogens is 1. The molecule has 1 aliphatic rings. The Balaban J connectivity index is 1.69. The van der Waals surface area contributed by atoms with Gasteiger partial charge in [0.05, 0.1) is 0 Å². The molecule has 0 aliphatic carbocycles. The molecule has 3 rings (SSSR count). The molecule has 4 nitrogen and oxygen atoms in total. The van der Waals surface area contributed by atoms with Gasteiger partial charge in [-0.1, -0.05) is 6.07 Å². The van der Waals surface area contributed by atoms with E-state index in [9.17, 15) is 4.79 Å². The molecule has 1 aromatic carbocycles. The summed E-state index contributed by atoms with van der Waals surface area (Å²) in [6.07, 6.45) is 3.96. The summed E-state index contributed by atoms with van der Waals surface area (Å²) in [5.41, 5.74) is 1.79. The van der Waals surface area contributed by atoms with E-state index in [1.54, 1.807) is 7.11 Å². The Hall–Kier alpha value is -1.81. The number of ether oxygens (including phenoxy) is 1. The van der Waals surface area contributed by atoms with Crippen molar-refractivity contribution in [2.24, 2.45) is 5.92 Å². The smallest absolute Gasteiger partial charge is 0.253 e. The molecule has 2 heterocycles. The van der Waals surface area contributed by atoms with Crippen LogP contribution < -0.4 is 0 Å². The normalized spacial score (nSPS) is 16.8. The average molecular weight is 272 g/mol. The molecule has 0 spiro atoms. The second-order valence-corrected chi connectivity index (χ2v) is 5.47. The van der Waals surface area contributed by atoms with Gasteiger partial charge in [-0.15, -0.1) is 0 Å². The summed E-state index contributed by atoms with van der Waals surface area (Å²) in [6, 6.07) is 7.87. The SMILES string of the molecule is COCC1CCN(C(=O)c2ccc3cc[nH]c3c2)CC1. The number of fused-ring (bicyclic) bond motifs is 1. The standard InChI is InChI=1S/C16H20N2O2/c1-20-11-12-5-8-18(9-6-12)16(19)14-3-2-13-4-7-17-15(13)10-14/h2-4,7,10,12,17H,5-6,8-9,11H2,1H3. The second-order valence-electron chi connectivity index (χ2n) is 5.47. The van der Waals surface area contributed by atoms with Crippen molar-refractivity contribution in [1.29, 1.82) is 0 Å². The summed E-state index contributed by atoms with van der Waals surface area (Å²) < 4.78 is 5.19. The van der Waals surface area contributed by atoms with E-state index in [2.05, 4.69) is 4.98 Å². The molecule has 0 bridgehead atoms. The third-order valence-corrected chi connectivity index (χ3v) is 4.11. The number of hydrogen-bond donors (Lipinski definition) is 1. The van der Waals surface area contributed by atoms with Crippen molar-refractivity contribution in [2.75, 3.05) is 26.8 Å². The summed E-state index contributed by atoms with van der Waals surface area (Å²) in [5.74, 6) is 0.729. The van der Waals surface area contributed by atoms with Crippen LogP contribution in [-0.4, -0.2) is 42.6 Å². The van der Waals surface area contributed by atoms with Crippen LogP contribution in [0.25, 0.3) is 10.9 Å². The highest BCUT2D eigenvalue weighted by molar-refractivity contribution is 5.97. The van der Waals surface area contributed by atoms with Crippen molar-refractivity contribution >= 4 is 16.8 Å². The van der Waals surface area contributed by atoms with E-state index in [4.69, 9.17) is 4.74 Å². The molecule has 2 aromatic rings. The summed E-state index contributed by atoms with van der Waals surface area (Å²) >= 11 is 0. The fourth-order valence-corrected chi connectivity index (χ4v) is 2.90. The third kappa shape index (κ3) is 2.56. The number of hydrogen-bond acceptors (Lipinski definition) is 2. The Morgan fingerprint density at radius 2 is 2.15 bits per heavy atom. The molecule has 1 N–H and O–H groups in total. The number of aromatic amines is 1. The molecule has 0 radical (unpaired) electrons. The van der Waals surface area contributed by atoms with Crippen molar-refractivity contribution in [3.63, 3.8) is 0 Å². The van der Waals surface area contributed by atoms with Crippen LogP contribution in [0.2, 0.25) is 0 Å². The minimum Gasteiger partial charge on any atom is -0.384 e. The number of methoxy groups -OCH3 is 1. The minimum absolute atomic E-state index is 0.136. The van der Waals surface area contributed by atoms with E-state index in [0.29, 0.717) is 5.92 Å². The Morgan fingerprint density at radius 3 is 2.90 bits per heavy atom. The van der Waals surface area contributed by atoms with E-state index >= 15 is 0 Å². The molecule has 0 unspecified atom stereocenters. The van der Waals surface area contributed by atoms with Crippen LogP contribution in [0, 0.1) is 5.92 Å². The van der Waals surface area contributed by atoms with E-state index in [1.807, 2.05) is 35.4 Å². The number of amides is 1. The van der Waals surface area contributed by atoms with E-state index in [1.165, 1.54) is 0 Å². The van der Waals surface area contributed by atoms with E-state index < -0.39 is 0 Å². The highest BCUT2D eigenvalue weighted by Crippen LogP contribution is 2.21. The average Bonchev–Trinajstić information content (AvgIpc) is 2.95. The number of carbonyl (C=O) groups excluding carboxylic acids is 1. The first-order valence-electron chi connectivity index (χ1n) is 7.13. The van der Waals surface area contributed by atoms with Crippen LogP contribution in [0.5, 0.6) is 0 Å². The lowest BCUT2D eigenvalue weighted by atomic mass is 9.97. The van der Waals surface area contributed by atoms with Crippen LogP contribution >= 0.6 is 0 Å². The fraction of sp³-hybridized carbons (Fsp3) is 0.438. The molecule has 1 fully saturated rings. The number of rotatable bonds is 3. The zero-order chi connectivity index (χ0) is 13.9. The van der Waals surface area contributed by atoms with Crippen molar-refractivity contribution in [3.05, 3.63) is 36.0 Å². The van der Waals surface area contributed by atoms with Gasteiger partial charge < -0.3 is 14.6 Å². The topological polar surface area (TPSA) is 45.3 Å². The van der Waals surface area contributed by atoms with Gasteiger partial charge in [0.15, 0.2) is 0 Å². The van der Waals surface area contributed by atoms with Crippen LogP contribution in [0.15, 0.2) is 30.5 Å². The minimum atomic E-state index is 0.136. The highest BCUT2D eigenvalue weighted by Gasteiger charge is 2.23. The van der Waals surface area contributed by atoms with Crippen molar-refractivity contribution in [1.82, 2.24) is 9.88 Å². The first-order valence-corrected chi connectivity index (χ1v) is 7.13.